The smallest absolute Gasteiger partial charge is 0.224 e. The number of rotatable bonds is 5. The number of hydrogen-bond acceptors (Lipinski definition) is 2. The van der Waals surface area contributed by atoms with Gasteiger partial charge in [-0.15, -0.1) is 0 Å². The summed E-state index contributed by atoms with van der Waals surface area (Å²) >= 11 is 0. The first kappa shape index (κ1) is 14.0. The first-order valence-electron chi connectivity index (χ1n) is 6.54. The van der Waals surface area contributed by atoms with Gasteiger partial charge in [0.15, 0.2) is 0 Å². The zero-order valence-corrected chi connectivity index (χ0v) is 11.2. The van der Waals surface area contributed by atoms with E-state index < -0.39 is 0 Å². The van der Waals surface area contributed by atoms with Crippen molar-refractivity contribution in [2.45, 2.75) is 40.0 Å². The van der Waals surface area contributed by atoms with Crippen molar-refractivity contribution in [1.29, 1.82) is 0 Å². The minimum absolute atomic E-state index is 0.0629. The summed E-state index contributed by atoms with van der Waals surface area (Å²) in [6.07, 6.45) is 2.70. The molecule has 0 aromatic rings. The van der Waals surface area contributed by atoms with Crippen LogP contribution < -0.4 is 0 Å². The number of carbonyl (C=O) groups is 2. The second-order valence-corrected chi connectivity index (χ2v) is 5.20. The normalized spacial score (nSPS) is 15.4. The SMILES string of the molecule is CC(=O)N(CCC(=O)N1CCCC1)CC(C)C. The Kier molecular flexibility index (Phi) is 5.45. The van der Waals surface area contributed by atoms with E-state index >= 15 is 0 Å². The van der Waals surface area contributed by atoms with Crippen LogP contribution in [0, 0.1) is 5.92 Å². The molecule has 0 aromatic carbocycles. The van der Waals surface area contributed by atoms with Gasteiger partial charge in [0.25, 0.3) is 0 Å². The molecule has 17 heavy (non-hydrogen) atoms. The summed E-state index contributed by atoms with van der Waals surface area (Å²) in [5.74, 6) is 0.700. The van der Waals surface area contributed by atoms with Crippen LogP contribution in [0.5, 0.6) is 0 Å². The summed E-state index contributed by atoms with van der Waals surface area (Å²) < 4.78 is 0. The molecule has 98 valence electrons. The van der Waals surface area contributed by atoms with E-state index in [0.29, 0.717) is 18.9 Å². The molecule has 0 aromatic heterocycles. The number of nitrogens with zero attached hydrogens (tertiary/aromatic N) is 2. The van der Waals surface area contributed by atoms with E-state index in [1.54, 1.807) is 11.8 Å². The van der Waals surface area contributed by atoms with E-state index in [4.69, 9.17) is 0 Å². The van der Waals surface area contributed by atoms with Gasteiger partial charge in [-0.1, -0.05) is 13.8 Å². The molecule has 1 aliphatic rings. The Labute approximate surface area is 104 Å². The molecule has 0 radical (unpaired) electrons. The predicted octanol–water partition coefficient (Wildman–Crippen LogP) is 1.50. The molecule has 1 aliphatic heterocycles. The van der Waals surface area contributed by atoms with Crippen molar-refractivity contribution in [2.24, 2.45) is 5.92 Å². The largest absolute Gasteiger partial charge is 0.343 e. The monoisotopic (exact) mass is 240 g/mol. The molecule has 0 bridgehead atoms. The number of likely N-dealkylation sites (tertiary alicyclic amines) is 1. The molecule has 2 amide bonds. The fourth-order valence-electron chi connectivity index (χ4n) is 2.17. The summed E-state index contributed by atoms with van der Waals surface area (Å²) in [6, 6.07) is 0. The Morgan fingerprint density at radius 2 is 1.82 bits per heavy atom. The molecule has 4 nitrogen and oxygen atoms in total. The fourth-order valence-corrected chi connectivity index (χ4v) is 2.17. The van der Waals surface area contributed by atoms with E-state index in [0.717, 1.165) is 32.5 Å². The molecule has 0 N–H and O–H groups in total. The van der Waals surface area contributed by atoms with Gasteiger partial charge in [-0.05, 0) is 18.8 Å². The van der Waals surface area contributed by atoms with E-state index in [9.17, 15) is 9.59 Å². The van der Waals surface area contributed by atoms with Gasteiger partial charge in [0, 0.05) is 39.5 Å². The van der Waals surface area contributed by atoms with Gasteiger partial charge in [-0.3, -0.25) is 9.59 Å². The molecule has 1 rings (SSSR count). The van der Waals surface area contributed by atoms with Gasteiger partial charge in [-0.2, -0.15) is 0 Å². The van der Waals surface area contributed by atoms with Crippen molar-refractivity contribution in [2.75, 3.05) is 26.2 Å². The van der Waals surface area contributed by atoms with Crippen LogP contribution in [0.25, 0.3) is 0 Å². The van der Waals surface area contributed by atoms with Crippen LogP contribution in [-0.4, -0.2) is 47.8 Å². The Bertz CT molecular complexity index is 271. The van der Waals surface area contributed by atoms with Crippen LogP contribution in [0.4, 0.5) is 0 Å². The summed E-state index contributed by atoms with van der Waals surface area (Å²) in [7, 11) is 0. The van der Waals surface area contributed by atoms with Crippen molar-refractivity contribution < 1.29 is 9.59 Å². The molecule has 1 saturated heterocycles. The molecule has 1 fully saturated rings. The highest BCUT2D eigenvalue weighted by molar-refractivity contribution is 5.78. The maximum Gasteiger partial charge on any atom is 0.224 e. The topological polar surface area (TPSA) is 40.6 Å². The van der Waals surface area contributed by atoms with E-state index in [-0.39, 0.29) is 11.8 Å². The Hall–Kier alpha value is -1.06. The summed E-state index contributed by atoms with van der Waals surface area (Å²) in [5, 5.41) is 0. The quantitative estimate of drug-likeness (QED) is 0.730. The highest BCUT2D eigenvalue weighted by Crippen LogP contribution is 2.09. The lowest BCUT2D eigenvalue weighted by molar-refractivity contribution is -0.133. The van der Waals surface area contributed by atoms with Crippen LogP contribution in [-0.2, 0) is 9.59 Å². The second-order valence-electron chi connectivity index (χ2n) is 5.20. The van der Waals surface area contributed by atoms with Crippen molar-refractivity contribution in [3.8, 4) is 0 Å². The van der Waals surface area contributed by atoms with Crippen LogP contribution >= 0.6 is 0 Å². The number of amides is 2. The van der Waals surface area contributed by atoms with Crippen LogP contribution in [0.15, 0.2) is 0 Å². The third-order valence-electron chi connectivity index (χ3n) is 3.09. The molecule has 0 unspecified atom stereocenters. The van der Waals surface area contributed by atoms with Crippen molar-refractivity contribution in [3.63, 3.8) is 0 Å². The molecule has 0 aliphatic carbocycles. The third-order valence-corrected chi connectivity index (χ3v) is 3.09. The van der Waals surface area contributed by atoms with Crippen molar-refractivity contribution in [1.82, 2.24) is 9.80 Å². The first-order chi connectivity index (χ1) is 8.00. The highest BCUT2D eigenvalue weighted by Gasteiger charge is 2.19. The average Bonchev–Trinajstić information content (AvgIpc) is 2.76. The molecular formula is C13H24N2O2. The van der Waals surface area contributed by atoms with Crippen LogP contribution in [0.1, 0.15) is 40.0 Å². The van der Waals surface area contributed by atoms with Crippen molar-refractivity contribution >= 4 is 11.8 Å². The van der Waals surface area contributed by atoms with E-state index in [1.807, 2.05) is 4.90 Å². The van der Waals surface area contributed by atoms with E-state index in [1.165, 1.54) is 0 Å². The molecule has 0 spiro atoms. The van der Waals surface area contributed by atoms with Crippen LogP contribution in [0.2, 0.25) is 0 Å². The predicted molar refractivity (Wildman–Crippen MR) is 67.5 cm³/mol. The van der Waals surface area contributed by atoms with Gasteiger partial charge in [0.1, 0.15) is 0 Å². The molecule has 4 heteroatoms. The molecule has 0 atom stereocenters. The second kappa shape index (κ2) is 6.62. The van der Waals surface area contributed by atoms with Gasteiger partial charge in [0.05, 0.1) is 0 Å². The maximum atomic E-state index is 11.8. The molecule has 1 heterocycles. The lowest BCUT2D eigenvalue weighted by Gasteiger charge is -2.24. The Morgan fingerprint density at radius 1 is 1.24 bits per heavy atom. The molecular weight excluding hydrogens is 216 g/mol. The van der Waals surface area contributed by atoms with Crippen molar-refractivity contribution in [3.05, 3.63) is 0 Å². The number of carbonyl (C=O) groups excluding carboxylic acids is 2. The average molecular weight is 240 g/mol. The van der Waals surface area contributed by atoms with E-state index in [2.05, 4.69) is 13.8 Å². The summed E-state index contributed by atoms with van der Waals surface area (Å²) in [5.41, 5.74) is 0. The summed E-state index contributed by atoms with van der Waals surface area (Å²) in [6.45, 7) is 8.82. The minimum Gasteiger partial charge on any atom is -0.343 e. The van der Waals surface area contributed by atoms with Gasteiger partial charge < -0.3 is 9.80 Å². The lowest BCUT2D eigenvalue weighted by atomic mass is 10.2. The highest BCUT2D eigenvalue weighted by atomic mass is 16.2. The van der Waals surface area contributed by atoms with Crippen LogP contribution in [0.3, 0.4) is 0 Å². The third kappa shape index (κ3) is 4.75. The lowest BCUT2D eigenvalue weighted by Crippen LogP contribution is -2.37. The minimum atomic E-state index is 0.0629. The maximum absolute atomic E-state index is 11.8. The first-order valence-corrected chi connectivity index (χ1v) is 6.54. The zero-order chi connectivity index (χ0) is 12.8. The zero-order valence-electron chi connectivity index (χ0n) is 11.2. The van der Waals surface area contributed by atoms with Gasteiger partial charge in [-0.25, -0.2) is 0 Å². The van der Waals surface area contributed by atoms with Gasteiger partial charge in [0.2, 0.25) is 11.8 Å². The fraction of sp³-hybridized carbons (Fsp3) is 0.846. The summed E-state index contributed by atoms with van der Waals surface area (Å²) in [4.78, 5) is 26.9. The van der Waals surface area contributed by atoms with Gasteiger partial charge >= 0.3 is 0 Å². The molecule has 0 saturated carbocycles. The Balaban J connectivity index is 2.35. The Morgan fingerprint density at radius 3 is 2.29 bits per heavy atom. The standard InChI is InChI=1S/C13H24N2O2/c1-11(2)10-15(12(3)16)9-6-13(17)14-7-4-5-8-14/h11H,4-10H2,1-3H3. The number of hydrogen-bond donors (Lipinski definition) is 0.